The Balaban J connectivity index is 1.76. The van der Waals surface area contributed by atoms with E-state index >= 15 is 0 Å². The number of aliphatic hydroxyl groups excluding tert-OH is 1. The standard InChI is InChI=1S/C16H22N2O3/c1-21-16(20)13-4-2-12(3-5-13)15-10-17(14-6-7-14)8-9-18(15)11-19/h2-5,14-15,19H,6-11H2,1H3. The molecule has 2 aliphatic rings. The maximum Gasteiger partial charge on any atom is 0.337 e. The number of esters is 1. The fraction of sp³-hybridized carbons (Fsp3) is 0.562. The predicted molar refractivity (Wildman–Crippen MR) is 78.9 cm³/mol. The van der Waals surface area contributed by atoms with Crippen molar-refractivity contribution in [1.82, 2.24) is 9.80 Å². The van der Waals surface area contributed by atoms with Crippen LogP contribution in [0.5, 0.6) is 0 Å². The van der Waals surface area contributed by atoms with Gasteiger partial charge >= 0.3 is 5.97 Å². The molecule has 3 rings (SSSR count). The van der Waals surface area contributed by atoms with Crippen molar-refractivity contribution in [1.29, 1.82) is 0 Å². The van der Waals surface area contributed by atoms with Crippen molar-refractivity contribution in [2.75, 3.05) is 33.5 Å². The van der Waals surface area contributed by atoms with Crippen LogP contribution < -0.4 is 0 Å². The molecule has 0 amide bonds. The Labute approximate surface area is 125 Å². The van der Waals surface area contributed by atoms with Crippen molar-refractivity contribution in [3.05, 3.63) is 35.4 Å². The van der Waals surface area contributed by atoms with Crippen LogP contribution in [-0.4, -0.2) is 60.4 Å². The SMILES string of the molecule is COC(=O)c1ccc(C2CN(C3CC3)CCN2CO)cc1. The van der Waals surface area contributed by atoms with E-state index in [0.29, 0.717) is 5.56 Å². The number of aliphatic hydroxyl groups is 1. The van der Waals surface area contributed by atoms with Gasteiger partial charge in [0.1, 0.15) is 0 Å². The number of rotatable bonds is 4. The number of methoxy groups -OCH3 is 1. The zero-order chi connectivity index (χ0) is 14.8. The molecule has 1 aliphatic carbocycles. The normalized spacial score (nSPS) is 24.0. The monoisotopic (exact) mass is 290 g/mol. The van der Waals surface area contributed by atoms with E-state index in [2.05, 4.69) is 9.80 Å². The lowest BCUT2D eigenvalue weighted by molar-refractivity contribution is 0.00581. The van der Waals surface area contributed by atoms with Crippen LogP contribution in [-0.2, 0) is 4.74 Å². The van der Waals surface area contributed by atoms with Crippen molar-refractivity contribution < 1.29 is 14.6 Å². The number of piperazine rings is 1. The lowest BCUT2D eigenvalue weighted by Crippen LogP contribution is -2.49. The third kappa shape index (κ3) is 3.10. The first-order valence-corrected chi connectivity index (χ1v) is 7.50. The Morgan fingerprint density at radius 3 is 2.57 bits per heavy atom. The van der Waals surface area contributed by atoms with Crippen LogP contribution in [0, 0.1) is 0 Å². The predicted octanol–water partition coefficient (Wildman–Crippen LogP) is 1.24. The molecule has 0 aromatic heterocycles. The van der Waals surface area contributed by atoms with E-state index in [1.807, 2.05) is 12.1 Å². The lowest BCUT2D eigenvalue weighted by Gasteiger charge is -2.41. The lowest BCUT2D eigenvalue weighted by atomic mass is 10.0. The number of hydrogen-bond acceptors (Lipinski definition) is 5. The highest BCUT2D eigenvalue weighted by atomic mass is 16.5. The first-order valence-electron chi connectivity index (χ1n) is 7.50. The van der Waals surface area contributed by atoms with Gasteiger partial charge in [-0.3, -0.25) is 9.80 Å². The molecule has 5 nitrogen and oxygen atoms in total. The Bertz CT molecular complexity index is 499. The summed E-state index contributed by atoms with van der Waals surface area (Å²) in [5, 5.41) is 9.58. The summed E-state index contributed by atoms with van der Waals surface area (Å²) in [5.41, 5.74) is 1.70. The summed E-state index contributed by atoms with van der Waals surface area (Å²) < 4.78 is 4.72. The van der Waals surface area contributed by atoms with Gasteiger partial charge in [-0.25, -0.2) is 4.79 Å². The molecule has 114 valence electrons. The first kappa shape index (κ1) is 14.5. The molecule has 1 unspecified atom stereocenters. The molecule has 1 atom stereocenters. The van der Waals surface area contributed by atoms with Crippen molar-refractivity contribution in [2.24, 2.45) is 0 Å². The van der Waals surface area contributed by atoms with Crippen LogP contribution in [0.4, 0.5) is 0 Å². The molecule has 5 heteroatoms. The summed E-state index contributed by atoms with van der Waals surface area (Å²) in [6, 6.07) is 8.46. The van der Waals surface area contributed by atoms with E-state index in [1.54, 1.807) is 12.1 Å². The zero-order valence-electron chi connectivity index (χ0n) is 12.4. The summed E-state index contributed by atoms with van der Waals surface area (Å²) in [5.74, 6) is -0.316. The van der Waals surface area contributed by atoms with Gasteiger partial charge in [-0.2, -0.15) is 0 Å². The van der Waals surface area contributed by atoms with Gasteiger partial charge in [-0.1, -0.05) is 12.1 Å². The molecule has 1 saturated carbocycles. The van der Waals surface area contributed by atoms with E-state index in [9.17, 15) is 9.90 Å². The van der Waals surface area contributed by atoms with Crippen LogP contribution in [0.1, 0.15) is 34.8 Å². The van der Waals surface area contributed by atoms with Gasteiger partial charge in [0.2, 0.25) is 0 Å². The highest BCUT2D eigenvalue weighted by Crippen LogP contribution is 2.33. The van der Waals surface area contributed by atoms with Crippen LogP contribution in [0.15, 0.2) is 24.3 Å². The largest absolute Gasteiger partial charge is 0.465 e. The molecular weight excluding hydrogens is 268 g/mol. The minimum Gasteiger partial charge on any atom is -0.465 e. The highest BCUT2D eigenvalue weighted by Gasteiger charge is 2.35. The van der Waals surface area contributed by atoms with E-state index in [-0.39, 0.29) is 18.7 Å². The second-order valence-electron chi connectivity index (χ2n) is 5.81. The van der Waals surface area contributed by atoms with Gasteiger partial charge < -0.3 is 9.84 Å². The van der Waals surface area contributed by atoms with Crippen molar-refractivity contribution in [3.8, 4) is 0 Å². The molecule has 0 bridgehead atoms. The van der Waals surface area contributed by atoms with Crippen molar-refractivity contribution >= 4 is 5.97 Å². The van der Waals surface area contributed by atoms with Crippen LogP contribution in [0.3, 0.4) is 0 Å². The number of benzene rings is 1. The Morgan fingerprint density at radius 1 is 1.29 bits per heavy atom. The van der Waals surface area contributed by atoms with Crippen molar-refractivity contribution in [2.45, 2.75) is 24.9 Å². The van der Waals surface area contributed by atoms with Crippen LogP contribution >= 0.6 is 0 Å². The number of ether oxygens (including phenoxy) is 1. The smallest absolute Gasteiger partial charge is 0.337 e. The maximum atomic E-state index is 11.5. The molecule has 1 N–H and O–H groups in total. The summed E-state index contributed by atoms with van der Waals surface area (Å²) in [4.78, 5) is 16.1. The summed E-state index contributed by atoms with van der Waals surface area (Å²) in [6.45, 7) is 2.93. The van der Waals surface area contributed by atoms with Crippen LogP contribution in [0.2, 0.25) is 0 Å². The van der Waals surface area contributed by atoms with Gasteiger partial charge in [0, 0.05) is 31.7 Å². The van der Waals surface area contributed by atoms with E-state index in [4.69, 9.17) is 4.74 Å². The van der Waals surface area contributed by atoms with Gasteiger partial charge in [-0.15, -0.1) is 0 Å². The minimum absolute atomic E-state index is 0.0714. The molecule has 21 heavy (non-hydrogen) atoms. The number of carbonyl (C=O) groups is 1. The second-order valence-corrected chi connectivity index (χ2v) is 5.81. The zero-order valence-corrected chi connectivity index (χ0v) is 12.4. The molecular formula is C16H22N2O3. The van der Waals surface area contributed by atoms with E-state index < -0.39 is 0 Å². The fourth-order valence-corrected chi connectivity index (χ4v) is 3.06. The molecule has 1 aromatic rings. The minimum atomic E-state index is -0.316. The topological polar surface area (TPSA) is 53.0 Å². The summed E-state index contributed by atoms with van der Waals surface area (Å²) in [6.07, 6.45) is 2.60. The van der Waals surface area contributed by atoms with E-state index in [1.165, 1.54) is 20.0 Å². The molecule has 0 radical (unpaired) electrons. The van der Waals surface area contributed by atoms with Crippen LogP contribution in [0.25, 0.3) is 0 Å². The van der Waals surface area contributed by atoms with E-state index in [0.717, 1.165) is 31.2 Å². The third-order valence-electron chi connectivity index (χ3n) is 4.48. The molecule has 1 aromatic carbocycles. The third-order valence-corrected chi connectivity index (χ3v) is 4.48. The summed E-state index contributed by atoms with van der Waals surface area (Å²) in [7, 11) is 1.39. The average molecular weight is 290 g/mol. The average Bonchev–Trinajstić information content (AvgIpc) is 3.38. The molecule has 2 fully saturated rings. The molecule has 0 spiro atoms. The number of nitrogens with zero attached hydrogens (tertiary/aromatic N) is 2. The quantitative estimate of drug-likeness (QED) is 0.846. The van der Waals surface area contributed by atoms with Gasteiger partial charge in [0.25, 0.3) is 0 Å². The van der Waals surface area contributed by atoms with Gasteiger partial charge in [0.15, 0.2) is 0 Å². The number of carbonyl (C=O) groups excluding carboxylic acids is 1. The molecule has 1 heterocycles. The fourth-order valence-electron chi connectivity index (χ4n) is 3.06. The molecule has 1 saturated heterocycles. The highest BCUT2D eigenvalue weighted by molar-refractivity contribution is 5.89. The Kier molecular flexibility index (Phi) is 4.24. The van der Waals surface area contributed by atoms with Gasteiger partial charge in [0.05, 0.1) is 19.4 Å². The Hall–Kier alpha value is -1.43. The first-order chi connectivity index (χ1) is 10.2. The van der Waals surface area contributed by atoms with Crippen molar-refractivity contribution in [3.63, 3.8) is 0 Å². The summed E-state index contributed by atoms with van der Waals surface area (Å²) >= 11 is 0. The molecule has 1 aliphatic heterocycles. The maximum absolute atomic E-state index is 11.5. The van der Waals surface area contributed by atoms with Gasteiger partial charge in [-0.05, 0) is 30.5 Å². The number of hydrogen-bond donors (Lipinski definition) is 1. The Morgan fingerprint density at radius 2 is 2.00 bits per heavy atom. The second kappa shape index (κ2) is 6.13.